The van der Waals surface area contributed by atoms with Crippen molar-refractivity contribution in [2.75, 3.05) is 5.75 Å². The van der Waals surface area contributed by atoms with Gasteiger partial charge in [0.05, 0.1) is 17.9 Å². The molecule has 0 aliphatic carbocycles. The summed E-state index contributed by atoms with van der Waals surface area (Å²) in [6.07, 6.45) is 1.77. The van der Waals surface area contributed by atoms with Crippen molar-refractivity contribution >= 4 is 17.7 Å². The van der Waals surface area contributed by atoms with Crippen LogP contribution in [0.5, 0.6) is 0 Å². The highest BCUT2D eigenvalue weighted by Gasteiger charge is 2.23. The minimum absolute atomic E-state index is 0.102. The van der Waals surface area contributed by atoms with Crippen molar-refractivity contribution in [1.82, 2.24) is 14.9 Å². The predicted octanol–water partition coefficient (Wildman–Crippen LogP) is 3.71. The van der Waals surface area contributed by atoms with Crippen LogP contribution in [0.1, 0.15) is 32.4 Å². The highest BCUT2D eigenvalue weighted by molar-refractivity contribution is 7.99. The van der Waals surface area contributed by atoms with E-state index in [1.807, 2.05) is 18.2 Å². The van der Waals surface area contributed by atoms with Crippen molar-refractivity contribution in [3.05, 3.63) is 36.0 Å². The van der Waals surface area contributed by atoms with Crippen LogP contribution in [0.15, 0.2) is 35.5 Å². The lowest BCUT2D eigenvalue weighted by molar-refractivity contribution is -0.125. The Kier molecular flexibility index (Phi) is 5.06. The van der Waals surface area contributed by atoms with Crippen LogP contribution in [0.25, 0.3) is 11.3 Å². The molecule has 3 rings (SSSR count). The zero-order valence-corrected chi connectivity index (χ0v) is 14.5. The second-order valence-corrected chi connectivity index (χ2v) is 6.85. The molecular weight excluding hydrogens is 306 g/mol. The molecule has 0 radical (unpaired) electrons. The van der Waals surface area contributed by atoms with Gasteiger partial charge in [0.15, 0.2) is 5.16 Å². The van der Waals surface area contributed by atoms with Gasteiger partial charge in [-0.2, -0.15) is 0 Å². The van der Waals surface area contributed by atoms with Crippen molar-refractivity contribution in [2.45, 2.75) is 44.9 Å². The molecule has 0 spiro atoms. The summed E-state index contributed by atoms with van der Waals surface area (Å²) < 4.78 is 2.25. The molecule has 0 bridgehead atoms. The average molecular weight is 329 g/mol. The van der Waals surface area contributed by atoms with Crippen LogP contribution in [-0.2, 0) is 17.9 Å². The minimum atomic E-state index is 0.102. The van der Waals surface area contributed by atoms with Gasteiger partial charge in [-0.05, 0) is 12.8 Å². The summed E-state index contributed by atoms with van der Waals surface area (Å²) in [5, 5.41) is 4.18. The Morgan fingerprint density at radius 2 is 2.04 bits per heavy atom. The number of hydrogen-bond donors (Lipinski definition) is 1. The standard InChI is InChI=1S/C18H23N3OS/c1-3-13(4-2)17(22)19-12-15-16(14-8-6-5-7-9-14)20-18-21(15)10-11-23-18/h5-9,13H,3-4,10-12H2,1-2H3,(H,19,22). The van der Waals surface area contributed by atoms with E-state index in [1.54, 1.807) is 11.8 Å². The van der Waals surface area contributed by atoms with Crippen molar-refractivity contribution in [3.8, 4) is 11.3 Å². The van der Waals surface area contributed by atoms with E-state index in [0.29, 0.717) is 6.54 Å². The summed E-state index contributed by atoms with van der Waals surface area (Å²) in [6, 6.07) is 10.2. The maximum atomic E-state index is 12.3. The first-order valence-electron chi connectivity index (χ1n) is 8.29. The molecule has 0 atom stereocenters. The second kappa shape index (κ2) is 7.21. The first-order chi connectivity index (χ1) is 11.2. The molecule has 0 saturated carbocycles. The van der Waals surface area contributed by atoms with E-state index in [9.17, 15) is 4.79 Å². The molecule has 5 heteroatoms. The number of carbonyl (C=O) groups excluding carboxylic acids is 1. The Morgan fingerprint density at radius 1 is 1.30 bits per heavy atom. The number of carbonyl (C=O) groups is 1. The van der Waals surface area contributed by atoms with E-state index < -0.39 is 0 Å². The van der Waals surface area contributed by atoms with Crippen LogP contribution >= 0.6 is 11.8 Å². The first-order valence-corrected chi connectivity index (χ1v) is 9.28. The topological polar surface area (TPSA) is 46.9 Å². The van der Waals surface area contributed by atoms with Crippen LogP contribution in [0.4, 0.5) is 0 Å². The fraction of sp³-hybridized carbons (Fsp3) is 0.444. The third kappa shape index (κ3) is 3.29. The summed E-state index contributed by atoms with van der Waals surface area (Å²) in [5.41, 5.74) is 3.23. The number of amides is 1. The Labute approximate surface area is 141 Å². The summed E-state index contributed by atoms with van der Waals surface area (Å²) >= 11 is 1.79. The molecule has 2 heterocycles. The van der Waals surface area contributed by atoms with E-state index >= 15 is 0 Å². The van der Waals surface area contributed by atoms with E-state index in [-0.39, 0.29) is 11.8 Å². The van der Waals surface area contributed by atoms with E-state index in [1.165, 1.54) is 0 Å². The number of fused-ring (bicyclic) bond motifs is 1. The molecule has 2 aromatic rings. The number of benzene rings is 1. The number of hydrogen-bond acceptors (Lipinski definition) is 3. The maximum absolute atomic E-state index is 12.3. The Hall–Kier alpha value is -1.75. The van der Waals surface area contributed by atoms with Gasteiger partial charge < -0.3 is 9.88 Å². The molecule has 1 aliphatic heterocycles. The van der Waals surface area contributed by atoms with Gasteiger partial charge in [0.1, 0.15) is 0 Å². The number of imidazole rings is 1. The lowest BCUT2D eigenvalue weighted by Gasteiger charge is -2.14. The zero-order chi connectivity index (χ0) is 16.2. The maximum Gasteiger partial charge on any atom is 0.223 e. The molecule has 4 nitrogen and oxygen atoms in total. The third-order valence-corrected chi connectivity index (χ3v) is 5.37. The quantitative estimate of drug-likeness (QED) is 0.879. The van der Waals surface area contributed by atoms with Crippen LogP contribution < -0.4 is 5.32 Å². The van der Waals surface area contributed by atoms with Gasteiger partial charge in [-0.3, -0.25) is 4.79 Å². The highest BCUT2D eigenvalue weighted by atomic mass is 32.2. The van der Waals surface area contributed by atoms with Crippen molar-refractivity contribution in [2.24, 2.45) is 5.92 Å². The van der Waals surface area contributed by atoms with Gasteiger partial charge in [0.25, 0.3) is 0 Å². The smallest absolute Gasteiger partial charge is 0.223 e. The first kappa shape index (κ1) is 16.1. The van der Waals surface area contributed by atoms with Crippen LogP contribution in [0.3, 0.4) is 0 Å². The van der Waals surface area contributed by atoms with Crippen molar-refractivity contribution < 1.29 is 4.79 Å². The molecule has 1 N–H and O–H groups in total. The largest absolute Gasteiger partial charge is 0.350 e. The molecule has 0 fully saturated rings. The number of rotatable bonds is 6. The average Bonchev–Trinajstić information content (AvgIpc) is 3.16. The Morgan fingerprint density at radius 3 is 2.74 bits per heavy atom. The highest BCUT2D eigenvalue weighted by Crippen LogP contribution is 2.33. The van der Waals surface area contributed by atoms with Gasteiger partial charge >= 0.3 is 0 Å². The molecule has 0 saturated heterocycles. The van der Waals surface area contributed by atoms with Gasteiger partial charge in [0, 0.05) is 23.8 Å². The zero-order valence-electron chi connectivity index (χ0n) is 13.7. The Balaban J connectivity index is 1.85. The number of nitrogens with one attached hydrogen (secondary N) is 1. The summed E-state index contributed by atoms with van der Waals surface area (Å²) in [5.74, 6) is 1.31. The number of thioether (sulfide) groups is 1. The van der Waals surface area contributed by atoms with Crippen LogP contribution in [0, 0.1) is 5.92 Å². The van der Waals surface area contributed by atoms with E-state index in [4.69, 9.17) is 4.98 Å². The molecule has 23 heavy (non-hydrogen) atoms. The predicted molar refractivity (Wildman–Crippen MR) is 94.3 cm³/mol. The van der Waals surface area contributed by atoms with Gasteiger partial charge in [-0.15, -0.1) is 0 Å². The van der Waals surface area contributed by atoms with Crippen LogP contribution in [-0.4, -0.2) is 21.2 Å². The molecule has 1 aromatic heterocycles. The summed E-state index contributed by atoms with van der Waals surface area (Å²) in [4.78, 5) is 17.1. The number of nitrogens with zero attached hydrogens (tertiary/aromatic N) is 2. The fourth-order valence-corrected chi connectivity index (χ4v) is 3.98. The Bertz CT molecular complexity index is 677. The van der Waals surface area contributed by atoms with E-state index in [0.717, 1.165) is 47.2 Å². The normalized spacial score (nSPS) is 13.3. The molecule has 0 unspecified atom stereocenters. The second-order valence-electron chi connectivity index (χ2n) is 5.79. The lowest BCUT2D eigenvalue weighted by Crippen LogP contribution is -2.30. The molecule has 1 aliphatic rings. The minimum Gasteiger partial charge on any atom is -0.350 e. The fourth-order valence-electron chi connectivity index (χ4n) is 3.01. The number of aromatic nitrogens is 2. The van der Waals surface area contributed by atoms with Gasteiger partial charge in [-0.25, -0.2) is 4.98 Å². The van der Waals surface area contributed by atoms with Gasteiger partial charge in [0.2, 0.25) is 5.91 Å². The molecule has 1 aromatic carbocycles. The SMILES string of the molecule is CCC(CC)C(=O)NCc1c(-c2ccccc2)nc2n1CCS2. The summed E-state index contributed by atoms with van der Waals surface area (Å²) in [7, 11) is 0. The van der Waals surface area contributed by atoms with E-state index in [2.05, 4.69) is 35.9 Å². The molecular formula is C18H23N3OS. The summed E-state index contributed by atoms with van der Waals surface area (Å²) in [6.45, 7) is 5.65. The molecule has 1 amide bonds. The van der Waals surface area contributed by atoms with Crippen molar-refractivity contribution in [1.29, 1.82) is 0 Å². The third-order valence-electron chi connectivity index (χ3n) is 4.42. The monoisotopic (exact) mass is 329 g/mol. The lowest BCUT2D eigenvalue weighted by atomic mass is 10.0. The van der Waals surface area contributed by atoms with Gasteiger partial charge in [-0.1, -0.05) is 55.9 Å². The van der Waals surface area contributed by atoms with Crippen LogP contribution in [0.2, 0.25) is 0 Å². The molecule has 122 valence electrons. The van der Waals surface area contributed by atoms with Crippen molar-refractivity contribution in [3.63, 3.8) is 0 Å².